The third-order valence-electron chi connectivity index (χ3n) is 3.24. The van der Waals surface area contributed by atoms with Crippen molar-refractivity contribution in [3.8, 4) is 0 Å². The lowest BCUT2D eigenvalue weighted by Gasteiger charge is -2.18. The minimum Gasteiger partial charge on any atom is -0.370 e. The fraction of sp³-hybridized carbons (Fsp3) is 0.467. The fourth-order valence-corrected chi connectivity index (χ4v) is 2.83. The van der Waals surface area contributed by atoms with Crippen molar-refractivity contribution < 1.29 is 0 Å². The Hall–Kier alpha value is -1.62. The van der Waals surface area contributed by atoms with Crippen LogP contribution in [0.3, 0.4) is 0 Å². The molecule has 0 bridgehead atoms. The highest BCUT2D eigenvalue weighted by molar-refractivity contribution is 7.07. The van der Waals surface area contributed by atoms with E-state index in [0.717, 1.165) is 36.6 Å². The Morgan fingerprint density at radius 2 is 2.05 bits per heavy atom. The van der Waals surface area contributed by atoms with Crippen LogP contribution in [-0.4, -0.2) is 16.5 Å². The Bertz CT molecular complexity index is 525. The SMILES string of the molecule is CCCNc1ncnc(NC(C)c2ccsc2)c1CC. The molecular weight excluding hydrogens is 268 g/mol. The minimum atomic E-state index is 0.250. The number of aromatic nitrogens is 2. The third-order valence-corrected chi connectivity index (χ3v) is 3.94. The van der Waals surface area contributed by atoms with Crippen LogP contribution in [0.4, 0.5) is 11.6 Å². The highest BCUT2D eigenvalue weighted by atomic mass is 32.1. The topological polar surface area (TPSA) is 49.8 Å². The first kappa shape index (κ1) is 14.8. The summed E-state index contributed by atoms with van der Waals surface area (Å²) in [7, 11) is 0. The van der Waals surface area contributed by atoms with Crippen LogP contribution in [-0.2, 0) is 6.42 Å². The lowest BCUT2D eigenvalue weighted by Crippen LogP contribution is -2.12. The van der Waals surface area contributed by atoms with E-state index in [1.165, 1.54) is 5.56 Å². The first-order valence-electron chi connectivity index (χ1n) is 7.12. The normalized spacial score (nSPS) is 12.2. The third kappa shape index (κ3) is 3.48. The van der Waals surface area contributed by atoms with Crippen molar-refractivity contribution in [1.82, 2.24) is 9.97 Å². The van der Waals surface area contributed by atoms with Crippen LogP contribution in [0.25, 0.3) is 0 Å². The molecule has 0 spiro atoms. The molecule has 2 heterocycles. The summed E-state index contributed by atoms with van der Waals surface area (Å²) in [6, 6.07) is 2.39. The molecule has 0 aromatic carbocycles. The van der Waals surface area contributed by atoms with Gasteiger partial charge in [0.25, 0.3) is 0 Å². The van der Waals surface area contributed by atoms with Crippen LogP contribution in [0.15, 0.2) is 23.2 Å². The predicted octanol–water partition coefficient (Wildman–Crippen LogP) is 4.10. The second-order valence-corrected chi connectivity index (χ2v) is 5.53. The van der Waals surface area contributed by atoms with Gasteiger partial charge in [0.2, 0.25) is 0 Å². The van der Waals surface area contributed by atoms with Gasteiger partial charge in [-0.3, -0.25) is 0 Å². The van der Waals surface area contributed by atoms with E-state index in [1.807, 2.05) is 0 Å². The fourth-order valence-electron chi connectivity index (χ4n) is 2.08. The van der Waals surface area contributed by atoms with Gasteiger partial charge in [-0.05, 0) is 42.2 Å². The Balaban J connectivity index is 2.18. The van der Waals surface area contributed by atoms with Crippen molar-refractivity contribution in [2.75, 3.05) is 17.2 Å². The molecule has 0 aliphatic carbocycles. The average molecular weight is 290 g/mol. The van der Waals surface area contributed by atoms with Crippen molar-refractivity contribution in [3.63, 3.8) is 0 Å². The van der Waals surface area contributed by atoms with Crippen molar-refractivity contribution in [1.29, 1.82) is 0 Å². The van der Waals surface area contributed by atoms with E-state index in [4.69, 9.17) is 0 Å². The van der Waals surface area contributed by atoms with Gasteiger partial charge in [0.05, 0.1) is 6.04 Å². The number of nitrogens with one attached hydrogen (secondary N) is 2. The molecule has 20 heavy (non-hydrogen) atoms. The van der Waals surface area contributed by atoms with Crippen LogP contribution in [0, 0.1) is 0 Å². The lowest BCUT2D eigenvalue weighted by atomic mass is 10.1. The van der Waals surface area contributed by atoms with Crippen molar-refractivity contribution >= 4 is 23.0 Å². The summed E-state index contributed by atoms with van der Waals surface area (Å²) in [5.41, 5.74) is 2.45. The van der Waals surface area contributed by atoms with E-state index in [0.29, 0.717) is 0 Å². The molecule has 2 rings (SSSR count). The van der Waals surface area contributed by atoms with Gasteiger partial charge in [0, 0.05) is 12.1 Å². The summed E-state index contributed by atoms with van der Waals surface area (Å²) in [5.74, 6) is 1.88. The molecule has 0 fully saturated rings. The minimum absolute atomic E-state index is 0.250. The van der Waals surface area contributed by atoms with Crippen molar-refractivity contribution in [2.24, 2.45) is 0 Å². The number of thiophene rings is 1. The lowest BCUT2D eigenvalue weighted by molar-refractivity contribution is 0.865. The van der Waals surface area contributed by atoms with Gasteiger partial charge in [-0.1, -0.05) is 13.8 Å². The number of hydrogen-bond acceptors (Lipinski definition) is 5. The molecule has 4 nitrogen and oxygen atoms in total. The average Bonchev–Trinajstić information content (AvgIpc) is 2.99. The van der Waals surface area contributed by atoms with Crippen LogP contribution in [0.5, 0.6) is 0 Å². The monoisotopic (exact) mass is 290 g/mol. The number of rotatable bonds is 7. The Labute approximate surface area is 124 Å². The molecule has 2 aromatic heterocycles. The standard InChI is InChI=1S/C15H22N4S/c1-4-7-16-14-13(5-2)15(18-10-17-14)19-11(3)12-6-8-20-9-12/h6,8-11H,4-5,7H2,1-3H3,(H2,16,17,18,19). The zero-order chi connectivity index (χ0) is 14.4. The molecule has 2 aromatic rings. The van der Waals surface area contributed by atoms with Gasteiger partial charge in [-0.15, -0.1) is 0 Å². The molecule has 108 valence electrons. The smallest absolute Gasteiger partial charge is 0.135 e. The molecule has 0 saturated heterocycles. The second-order valence-electron chi connectivity index (χ2n) is 4.75. The van der Waals surface area contributed by atoms with Crippen LogP contribution < -0.4 is 10.6 Å². The maximum Gasteiger partial charge on any atom is 0.135 e. The molecule has 1 unspecified atom stereocenters. The van der Waals surface area contributed by atoms with Crippen molar-refractivity contribution in [2.45, 2.75) is 39.7 Å². The summed E-state index contributed by atoms with van der Waals surface area (Å²) in [5, 5.41) is 11.1. The van der Waals surface area contributed by atoms with Gasteiger partial charge in [-0.25, -0.2) is 9.97 Å². The number of anilines is 2. The second kappa shape index (κ2) is 7.24. The van der Waals surface area contributed by atoms with Gasteiger partial charge >= 0.3 is 0 Å². The molecule has 0 aliphatic heterocycles. The molecular formula is C15H22N4S. The zero-order valence-corrected chi connectivity index (χ0v) is 13.1. The molecule has 5 heteroatoms. The molecule has 0 radical (unpaired) electrons. The quantitative estimate of drug-likeness (QED) is 0.806. The van der Waals surface area contributed by atoms with Crippen LogP contribution in [0.1, 0.15) is 44.4 Å². The van der Waals surface area contributed by atoms with Gasteiger partial charge in [0.15, 0.2) is 0 Å². The summed E-state index contributed by atoms with van der Waals surface area (Å²) < 4.78 is 0. The molecule has 0 saturated carbocycles. The van der Waals surface area contributed by atoms with Gasteiger partial charge in [0.1, 0.15) is 18.0 Å². The summed E-state index contributed by atoms with van der Waals surface area (Å²) >= 11 is 1.72. The number of hydrogen-bond donors (Lipinski definition) is 2. The van der Waals surface area contributed by atoms with E-state index in [-0.39, 0.29) is 6.04 Å². The highest BCUT2D eigenvalue weighted by Gasteiger charge is 2.12. The van der Waals surface area contributed by atoms with Crippen molar-refractivity contribution in [3.05, 3.63) is 34.3 Å². The Kier molecular flexibility index (Phi) is 5.35. The summed E-state index contributed by atoms with van der Waals surface area (Å²) in [4.78, 5) is 8.77. The van der Waals surface area contributed by atoms with E-state index in [2.05, 4.69) is 58.2 Å². The van der Waals surface area contributed by atoms with E-state index < -0.39 is 0 Å². The van der Waals surface area contributed by atoms with Crippen LogP contribution >= 0.6 is 11.3 Å². The van der Waals surface area contributed by atoms with Gasteiger partial charge < -0.3 is 10.6 Å². The Morgan fingerprint density at radius 3 is 2.70 bits per heavy atom. The molecule has 0 amide bonds. The maximum absolute atomic E-state index is 4.41. The Morgan fingerprint density at radius 1 is 1.25 bits per heavy atom. The largest absolute Gasteiger partial charge is 0.370 e. The number of nitrogens with zero attached hydrogens (tertiary/aromatic N) is 2. The van der Waals surface area contributed by atoms with Crippen LogP contribution in [0.2, 0.25) is 0 Å². The van der Waals surface area contributed by atoms with Gasteiger partial charge in [-0.2, -0.15) is 11.3 Å². The molecule has 1 atom stereocenters. The van der Waals surface area contributed by atoms with E-state index in [1.54, 1.807) is 17.7 Å². The first-order chi connectivity index (χ1) is 9.76. The molecule has 2 N–H and O–H groups in total. The molecule has 0 aliphatic rings. The summed E-state index contributed by atoms with van der Waals surface area (Å²) in [6.07, 6.45) is 3.62. The predicted molar refractivity (Wildman–Crippen MR) is 86.5 cm³/mol. The first-order valence-corrected chi connectivity index (χ1v) is 8.06. The highest BCUT2D eigenvalue weighted by Crippen LogP contribution is 2.25. The maximum atomic E-state index is 4.41. The van der Waals surface area contributed by atoms with E-state index >= 15 is 0 Å². The van der Waals surface area contributed by atoms with E-state index in [9.17, 15) is 0 Å². The summed E-state index contributed by atoms with van der Waals surface area (Å²) in [6.45, 7) is 7.38. The zero-order valence-electron chi connectivity index (χ0n) is 12.3.